The van der Waals surface area contributed by atoms with E-state index in [0.29, 0.717) is 11.1 Å². The SMILES string of the molecule is COC(=O)[C@]1(c2cccc(F)c2)C=C(C(=O)c2ccccc2)[C@H](c2ccc([N+](=O)[O-])cc2)N1. The quantitative estimate of drug-likeness (QED) is 0.263. The fourth-order valence-corrected chi connectivity index (χ4v) is 3.97. The number of esters is 1. The molecule has 7 nitrogen and oxygen atoms in total. The van der Waals surface area contributed by atoms with E-state index < -0.39 is 28.3 Å². The summed E-state index contributed by atoms with van der Waals surface area (Å²) in [6, 6.07) is 18.8. The highest BCUT2D eigenvalue weighted by Crippen LogP contribution is 2.41. The zero-order chi connectivity index (χ0) is 23.6. The Bertz CT molecular complexity index is 1260. The Balaban J connectivity index is 1.89. The first-order valence-electron chi connectivity index (χ1n) is 10.0. The van der Waals surface area contributed by atoms with Crippen molar-refractivity contribution < 1.29 is 23.6 Å². The Hall–Kier alpha value is -4.17. The van der Waals surface area contributed by atoms with Crippen molar-refractivity contribution in [3.8, 4) is 0 Å². The second-order valence-corrected chi connectivity index (χ2v) is 7.53. The fraction of sp³-hybridized carbons (Fsp3) is 0.120. The molecule has 166 valence electrons. The number of hydrogen-bond donors (Lipinski definition) is 1. The smallest absolute Gasteiger partial charge is 0.334 e. The highest BCUT2D eigenvalue weighted by atomic mass is 19.1. The van der Waals surface area contributed by atoms with Gasteiger partial charge in [-0.1, -0.05) is 54.6 Å². The first kappa shape index (κ1) is 22.0. The van der Waals surface area contributed by atoms with Crippen LogP contribution in [0.5, 0.6) is 0 Å². The van der Waals surface area contributed by atoms with Gasteiger partial charge in [-0.05, 0) is 29.3 Å². The van der Waals surface area contributed by atoms with Crippen LogP contribution in [0.25, 0.3) is 0 Å². The number of Topliss-reactive ketones (excluding diaryl/α,β-unsaturated/α-hetero) is 1. The molecule has 1 heterocycles. The van der Waals surface area contributed by atoms with E-state index in [4.69, 9.17) is 4.74 Å². The number of non-ortho nitro benzene ring substituents is 1. The largest absolute Gasteiger partial charge is 0.467 e. The minimum absolute atomic E-state index is 0.110. The third kappa shape index (κ3) is 4.04. The molecule has 3 aromatic carbocycles. The van der Waals surface area contributed by atoms with Gasteiger partial charge in [-0.2, -0.15) is 0 Å². The summed E-state index contributed by atoms with van der Waals surface area (Å²) < 4.78 is 19.1. The predicted octanol–water partition coefficient (Wildman–Crippen LogP) is 4.26. The second kappa shape index (κ2) is 8.76. The molecule has 0 bridgehead atoms. The maximum atomic E-state index is 14.1. The van der Waals surface area contributed by atoms with Gasteiger partial charge in [-0.25, -0.2) is 9.18 Å². The zero-order valence-corrected chi connectivity index (χ0v) is 17.5. The molecule has 0 saturated heterocycles. The summed E-state index contributed by atoms with van der Waals surface area (Å²) in [6.07, 6.45) is 1.45. The Kier molecular flexibility index (Phi) is 5.85. The van der Waals surface area contributed by atoms with E-state index in [1.165, 1.54) is 55.7 Å². The van der Waals surface area contributed by atoms with E-state index in [1.807, 2.05) is 0 Å². The highest BCUT2D eigenvalue weighted by molar-refractivity contribution is 6.11. The molecule has 0 amide bonds. The van der Waals surface area contributed by atoms with Crippen LogP contribution >= 0.6 is 0 Å². The van der Waals surface area contributed by atoms with Crippen molar-refractivity contribution in [3.63, 3.8) is 0 Å². The Morgan fingerprint density at radius 2 is 1.73 bits per heavy atom. The van der Waals surface area contributed by atoms with Crippen molar-refractivity contribution >= 4 is 17.4 Å². The van der Waals surface area contributed by atoms with Crippen molar-refractivity contribution in [2.75, 3.05) is 7.11 Å². The average Bonchev–Trinajstić information content (AvgIpc) is 3.26. The number of ether oxygens (including phenoxy) is 1. The number of rotatable bonds is 6. The predicted molar refractivity (Wildman–Crippen MR) is 118 cm³/mol. The molecule has 0 radical (unpaired) electrons. The number of ketones is 1. The summed E-state index contributed by atoms with van der Waals surface area (Å²) >= 11 is 0. The number of nitrogens with zero attached hydrogens (tertiary/aromatic N) is 1. The number of hydrogen-bond acceptors (Lipinski definition) is 6. The standard InChI is InChI=1S/C25H19FN2O5/c1-33-24(30)25(18-8-5-9-19(26)14-18)15-21(23(29)17-6-3-2-4-7-17)22(27-25)16-10-12-20(13-11-16)28(31)32/h2-15,22,27H,1H3/t22-,25+/m0/s1. The van der Waals surface area contributed by atoms with Gasteiger partial charge in [0.2, 0.25) is 0 Å². The summed E-state index contributed by atoms with van der Waals surface area (Å²) in [4.78, 5) is 37.0. The topological polar surface area (TPSA) is 98.5 Å². The van der Waals surface area contributed by atoms with Gasteiger partial charge >= 0.3 is 5.97 Å². The van der Waals surface area contributed by atoms with Gasteiger partial charge in [0.05, 0.1) is 18.1 Å². The monoisotopic (exact) mass is 446 g/mol. The molecule has 3 aromatic rings. The van der Waals surface area contributed by atoms with Crippen molar-refractivity contribution in [1.29, 1.82) is 0 Å². The lowest BCUT2D eigenvalue weighted by molar-refractivity contribution is -0.384. The summed E-state index contributed by atoms with van der Waals surface area (Å²) in [7, 11) is 1.21. The number of carbonyl (C=O) groups excluding carboxylic acids is 2. The Morgan fingerprint density at radius 3 is 2.33 bits per heavy atom. The number of benzene rings is 3. The van der Waals surface area contributed by atoms with E-state index in [-0.39, 0.29) is 22.6 Å². The van der Waals surface area contributed by atoms with E-state index in [0.717, 1.165) is 0 Å². The van der Waals surface area contributed by atoms with Gasteiger partial charge in [0, 0.05) is 23.3 Å². The normalized spacial score (nSPS) is 19.6. The maximum Gasteiger partial charge on any atom is 0.334 e. The van der Waals surface area contributed by atoms with Gasteiger partial charge in [0.15, 0.2) is 11.3 Å². The molecule has 0 aliphatic carbocycles. The van der Waals surface area contributed by atoms with Crippen LogP contribution in [-0.2, 0) is 15.1 Å². The zero-order valence-electron chi connectivity index (χ0n) is 17.5. The van der Waals surface area contributed by atoms with Gasteiger partial charge in [0.1, 0.15) is 5.82 Å². The summed E-state index contributed by atoms with van der Waals surface area (Å²) in [5.74, 6) is -1.62. The van der Waals surface area contributed by atoms with Crippen LogP contribution in [0.1, 0.15) is 27.5 Å². The lowest BCUT2D eigenvalue weighted by Gasteiger charge is -2.28. The second-order valence-electron chi connectivity index (χ2n) is 7.53. The number of nitro groups is 1. The molecule has 1 N–H and O–H groups in total. The average molecular weight is 446 g/mol. The molecule has 2 atom stereocenters. The first-order chi connectivity index (χ1) is 15.9. The number of methoxy groups -OCH3 is 1. The minimum atomic E-state index is -1.64. The molecule has 1 aliphatic heterocycles. The lowest BCUT2D eigenvalue weighted by atomic mass is 9.89. The van der Waals surface area contributed by atoms with Crippen molar-refractivity contribution in [2.45, 2.75) is 11.6 Å². The molecule has 1 aliphatic rings. The van der Waals surface area contributed by atoms with E-state index in [9.17, 15) is 24.1 Å². The van der Waals surface area contributed by atoms with Crippen LogP contribution in [0, 0.1) is 15.9 Å². The highest BCUT2D eigenvalue weighted by Gasteiger charge is 2.49. The van der Waals surface area contributed by atoms with Gasteiger partial charge in [-0.15, -0.1) is 0 Å². The molecule has 33 heavy (non-hydrogen) atoms. The first-order valence-corrected chi connectivity index (χ1v) is 10.0. The molecule has 0 saturated carbocycles. The molecular formula is C25H19FN2O5. The van der Waals surface area contributed by atoms with Crippen LogP contribution < -0.4 is 5.32 Å². The molecule has 0 fully saturated rings. The number of nitro benzene ring substituents is 1. The fourth-order valence-electron chi connectivity index (χ4n) is 3.97. The maximum absolute atomic E-state index is 14.1. The third-order valence-corrected chi connectivity index (χ3v) is 5.58. The molecule has 0 unspecified atom stereocenters. The Morgan fingerprint density at radius 1 is 1.03 bits per heavy atom. The molecule has 0 aromatic heterocycles. The van der Waals surface area contributed by atoms with Gasteiger partial charge in [-0.3, -0.25) is 20.2 Å². The van der Waals surface area contributed by atoms with Gasteiger partial charge in [0.25, 0.3) is 5.69 Å². The van der Waals surface area contributed by atoms with Crippen molar-refractivity contribution in [1.82, 2.24) is 5.32 Å². The van der Waals surface area contributed by atoms with Gasteiger partial charge < -0.3 is 4.74 Å². The summed E-state index contributed by atoms with van der Waals surface area (Å²) in [5.41, 5.74) is -0.318. The molecular weight excluding hydrogens is 427 g/mol. The molecule has 8 heteroatoms. The number of halogens is 1. The van der Waals surface area contributed by atoms with E-state index >= 15 is 0 Å². The Labute approximate surface area is 188 Å². The van der Waals surface area contributed by atoms with Crippen molar-refractivity contribution in [2.24, 2.45) is 0 Å². The molecule has 0 spiro atoms. The number of carbonyl (C=O) groups is 2. The van der Waals surface area contributed by atoms with E-state index in [1.54, 1.807) is 36.4 Å². The third-order valence-electron chi connectivity index (χ3n) is 5.58. The lowest BCUT2D eigenvalue weighted by Crippen LogP contribution is -2.46. The van der Waals surface area contributed by atoms with Crippen LogP contribution in [-0.4, -0.2) is 23.8 Å². The van der Waals surface area contributed by atoms with Crippen LogP contribution in [0.15, 0.2) is 90.5 Å². The minimum Gasteiger partial charge on any atom is -0.467 e. The summed E-state index contributed by atoms with van der Waals surface area (Å²) in [6.45, 7) is 0. The van der Waals surface area contributed by atoms with E-state index in [2.05, 4.69) is 5.32 Å². The van der Waals surface area contributed by atoms with Crippen LogP contribution in [0.3, 0.4) is 0 Å². The van der Waals surface area contributed by atoms with Crippen LogP contribution in [0.4, 0.5) is 10.1 Å². The molecule has 4 rings (SSSR count). The van der Waals surface area contributed by atoms with Crippen LogP contribution in [0.2, 0.25) is 0 Å². The summed E-state index contributed by atoms with van der Waals surface area (Å²) in [5, 5.41) is 14.2. The number of nitrogens with one attached hydrogen (secondary N) is 1. The van der Waals surface area contributed by atoms with Crippen molar-refractivity contribution in [3.05, 3.63) is 123 Å².